The van der Waals surface area contributed by atoms with Crippen LogP contribution in [0, 0.1) is 10.1 Å². The first-order valence-corrected chi connectivity index (χ1v) is 4.94. The summed E-state index contributed by atoms with van der Waals surface area (Å²) in [5, 5.41) is 10.7. The first kappa shape index (κ1) is 11.0. The monoisotopic (exact) mass is 226 g/mol. The van der Waals surface area contributed by atoms with E-state index in [9.17, 15) is 14.9 Å². The van der Waals surface area contributed by atoms with E-state index >= 15 is 0 Å². The Balaban J connectivity index is 2.62. The average molecular weight is 226 g/mol. The smallest absolute Gasteiger partial charge is 0.270 e. The van der Waals surface area contributed by atoms with Gasteiger partial charge in [-0.3, -0.25) is 14.9 Å². The van der Waals surface area contributed by atoms with Crippen molar-refractivity contribution in [2.24, 2.45) is 0 Å². The van der Waals surface area contributed by atoms with Crippen LogP contribution in [0.4, 0.5) is 5.69 Å². The van der Waals surface area contributed by atoms with Crippen LogP contribution in [0.15, 0.2) is 48.5 Å². The fourth-order valence-corrected chi connectivity index (χ4v) is 1.59. The molecule has 0 amide bonds. The minimum Gasteiger partial charge on any atom is -0.285 e. The predicted octanol–water partition coefficient (Wildman–Crippen LogP) is 2.72. The molecule has 0 unspecified atom stereocenters. The van der Waals surface area contributed by atoms with E-state index in [0.29, 0.717) is 11.1 Å². The predicted molar refractivity (Wildman–Crippen MR) is 63.3 cm³/mol. The average Bonchev–Trinajstić information content (AvgIpc) is 2.39. The van der Waals surface area contributed by atoms with Crippen molar-refractivity contribution in [3.63, 3.8) is 0 Å². The molecule has 2 aromatic rings. The van der Waals surface area contributed by atoms with Gasteiger partial charge in [-0.25, -0.2) is 0 Å². The number of nitrogens with zero attached hydrogens (tertiary/aromatic N) is 1. The lowest BCUT2D eigenvalue weighted by Gasteiger charge is -2.04. The van der Waals surface area contributed by atoms with Crippen LogP contribution < -0.4 is 0 Å². The molecule has 0 aliphatic heterocycles. The number of rotatable bonds is 3. The highest BCUT2D eigenvalue weighted by Gasteiger charge is 2.11. The molecule has 0 aliphatic carbocycles. The van der Waals surface area contributed by atoms with E-state index in [0.717, 1.165) is 5.56 Å². The molecule has 4 nitrogen and oxygen atoms in total. The molecule has 2 rings (SSSR count). The van der Waals surface area contributed by atoms with Gasteiger partial charge in [0.1, 0.15) is 0 Å². The molecule has 4 heteroatoms. The summed E-state index contributed by atoms with van der Waals surface area (Å²) in [5.74, 6) is 0. The highest BCUT2D eigenvalue weighted by Crippen LogP contribution is 2.26. The van der Waals surface area contributed by atoms with Crippen LogP contribution in [0.3, 0.4) is 0 Å². The van der Waals surface area contributed by atoms with Crippen LogP contribution in [0.2, 0.25) is 0 Å². The van der Waals surface area contributed by atoms with Gasteiger partial charge in [0.15, 0.2) is 0 Å². The molecule has 83 valence electrons. The highest BCUT2D eigenvalue weighted by molar-refractivity contribution is 5.88. The standard InChI is InChI=1S/C13H8NO3/c15-9-11-6-7-12(14(16)17)8-13(11)10-4-2-1-3-5-10/h1-8H. The van der Waals surface area contributed by atoms with Crippen molar-refractivity contribution in [3.05, 3.63) is 64.2 Å². The summed E-state index contributed by atoms with van der Waals surface area (Å²) in [4.78, 5) is 21.0. The molecule has 0 aromatic heterocycles. The van der Waals surface area contributed by atoms with Crippen molar-refractivity contribution in [1.29, 1.82) is 0 Å². The van der Waals surface area contributed by atoms with Gasteiger partial charge in [-0.1, -0.05) is 30.3 Å². The van der Waals surface area contributed by atoms with Crippen molar-refractivity contribution in [3.8, 4) is 11.1 Å². The van der Waals surface area contributed by atoms with E-state index in [4.69, 9.17) is 0 Å². The van der Waals surface area contributed by atoms with Crippen LogP contribution >= 0.6 is 0 Å². The van der Waals surface area contributed by atoms with Crippen LogP contribution in [0.25, 0.3) is 11.1 Å². The van der Waals surface area contributed by atoms with Gasteiger partial charge in [0.05, 0.1) is 4.92 Å². The molecular formula is C13H8NO3. The summed E-state index contributed by atoms with van der Waals surface area (Å²) in [6.07, 6.45) is 1.79. The summed E-state index contributed by atoms with van der Waals surface area (Å²) in [7, 11) is 0. The zero-order chi connectivity index (χ0) is 12.3. The van der Waals surface area contributed by atoms with Gasteiger partial charge in [0.2, 0.25) is 6.29 Å². The minimum atomic E-state index is -0.485. The Hall–Kier alpha value is -2.49. The van der Waals surface area contributed by atoms with Crippen molar-refractivity contribution < 1.29 is 9.72 Å². The van der Waals surface area contributed by atoms with E-state index in [1.165, 1.54) is 18.2 Å². The molecule has 0 N–H and O–H groups in total. The fourth-order valence-electron chi connectivity index (χ4n) is 1.59. The molecule has 0 aliphatic rings. The summed E-state index contributed by atoms with van der Waals surface area (Å²) in [5.41, 5.74) is 1.56. The van der Waals surface area contributed by atoms with Crippen molar-refractivity contribution in [2.75, 3.05) is 0 Å². The zero-order valence-electron chi connectivity index (χ0n) is 8.79. The maximum Gasteiger partial charge on any atom is 0.270 e. The topological polar surface area (TPSA) is 60.2 Å². The van der Waals surface area contributed by atoms with Crippen LogP contribution in [-0.2, 0) is 4.79 Å². The third kappa shape index (κ3) is 2.20. The normalized spacial score (nSPS) is 9.88. The highest BCUT2D eigenvalue weighted by atomic mass is 16.6. The third-order valence-electron chi connectivity index (χ3n) is 2.41. The van der Waals surface area contributed by atoms with Gasteiger partial charge in [-0.15, -0.1) is 0 Å². The molecule has 0 saturated carbocycles. The molecule has 0 heterocycles. The molecule has 0 atom stereocenters. The van der Waals surface area contributed by atoms with Gasteiger partial charge >= 0.3 is 0 Å². The van der Waals surface area contributed by atoms with Gasteiger partial charge in [0, 0.05) is 17.7 Å². The Morgan fingerprint density at radius 1 is 1.06 bits per heavy atom. The van der Waals surface area contributed by atoms with Crippen LogP contribution in [-0.4, -0.2) is 11.2 Å². The second-order valence-corrected chi connectivity index (χ2v) is 3.46. The van der Waals surface area contributed by atoms with E-state index in [1.807, 2.05) is 18.2 Å². The molecule has 2 aromatic carbocycles. The van der Waals surface area contributed by atoms with Crippen molar-refractivity contribution >= 4 is 12.0 Å². The Morgan fingerprint density at radius 3 is 2.35 bits per heavy atom. The Bertz CT molecular complexity index is 564. The lowest BCUT2D eigenvalue weighted by atomic mass is 10.00. The van der Waals surface area contributed by atoms with Crippen LogP contribution in [0.5, 0.6) is 0 Å². The number of carbonyl (C=O) groups excluding carboxylic acids is 1. The Kier molecular flexibility index (Phi) is 2.96. The summed E-state index contributed by atoms with van der Waals surface area (Å²) < 4.78 is 0. The first-order valence-electron chi connectivity index (χ1n) is 4.94. The van der Waals surface area contributed by atoms with E-state index < -0.39 is 4.92 Å². The van der Waals surface area contributed by atoms with E-state index in [2.05, 4.69) is 0 Å². The summed E-state index contributed by atoms with van der Waals surface area (Å²) in [6, 6.07) is 13.1. The lowest BCUT2D eigenvalue weighted by Crippen LogP contribution is -1.92. The maximum absolute atomic E-state index is 10.8. The van der Waals surface area contributed by atoms with Crippen molar-refractivity contribution in [1.82, 2.24) is 0 Å². The number of hydrogen-bond donors (Lipinski definition) is 0. The van der Waals surface area contributed by atoms with E-state index in [-0.39, 0.29) is 5.69 Å². The lowest BCUT2D eigenvalue weighted by molar-refractivity contribution is -0.384. The Morgan fingerprint density at radius 2 is 1.76 bits per heavy atom. The quantitative estimate of drug-likeness (QED) is 0.597. The SMILES string of the molecule is O=[C]c1ccc([N+](=O)[O-])cc1-c1ccccc1. The van der Waals surface area contributed by atoms with Gasteiger partial charge in [0.25, 0.3) is 5.69 Å². The maximum atomic E-state index is 10.8. The number of hydrogen-bond acceptors (Lipinski definition) is 3. The van der Waals surface area contributed by atoms with E-state index in [1.54, 1.807) is 18.4 Å². The third-order valence-corrected chi connectivity index (χ3v) is 2.41. The second kappa shape index (κ2) is 4.57. The first-order chi connectivity index (χ1) is 8.22. The van der Waals surface area contributed by atoms with Gasteiger partial charge in [-0.05, 0) is 17.2 Å². The second-order valence-electron chi connectivity index (χ2n) is 3.46. The largest absolute Gasteiger partial charge is 0.285 e. The molecule has 0 saturated heterocycles. The molecule has 0 bridgehead atoms. The van der Waals surface area contributed by atoms with Crippen LogP contribution in [0.1, 0.15) is 5.56 Å². The Labute approximate surface area is 97.7 Å². The number of nitro groups is 1. The van der Waals surface area contributed by atoms with Crippen molar-refractivity contribution in [2.45, 2.75) is 0 Å². The number of benzene rings is 2. The molecule has 0 spiro atoms. The summed E-state index contributed by atoms with van der Waals surface area (Å²) in [6.45, 7) is 0. The summed E-state index contributed by atoms with van der Waals surface area (Å²) >= 11 is 0. The molecule has 17 heavy (non-hydrogen) atoms. The zero-order valence-corrected chi connectivity index (χ0v) is 8.79. The molecular weight excluding hydrogens is 218 g/mol. The fraction of sp³-hybridized carbons (Fsp3) is 0. The molecule has 1 radical (unpaired) electrons. The number of nitro benzene ring substituents is 1. The molecule has 0 fully saturated rings. The van der Waals surface area contributed by atoms with Gasteiger partial charge in [-0.2, -0.15) is 0 Å². The van der Waals surface area contributed by atoms with Gasteiger partial charge < -0.3 is 0 Å². The minimum absolute atomic E-state index is 0.0390. The number of non-ortho nitro benzene ring substituents is 1.